The number of benzene rings is 1. The quantitative estimate of drug-likeness (QED) is 0.459. The summed E-state index contributed by atoms with van der Waals surface area (Å²) >= 11 is 0.991. The molecule has 0 unspecified atom stereocenters. The van der Waals surface area contributed by atoms with Gasteiger partial charge in [0.15, 0.2) is 10.9 Å². The van der Waals surface area contributed by atoms with Crippen LogP contribution in [0.4, 0.5) is 5.69 Å². The van der Waals surface area contributed by atoms with Crippen molar-refractivity contribution in [2.24, 2.45) is 0 Å². The van der Waals surface area contributed by atoms with Gasteiger partial charge in [-0.05, 0) is 31.2 Å². The molecular weight excluding hydrogens is 360 g/mol. The lowest BCUT2D eigenvalue weighted by Crippen LogP contribution is -2.19. The van der Waals surface area contributed by atoms with Crippen LogP contribution in [0, 0.1) is 0 Å². The highest BCUT2D eigenvalue weighted by Gasteiger charge is 2.10. The first-order valence-corrected chi connectivity index (χ1v) is 8.55. The molecular formula is C16H16N4O5S. The monoisotopic (exact) mass is 376 g/mol. The van der Waals surface area contributed by atoms with Gasteiger partial charge >= 0.3 is 5.97 Å². The molecule has 26 heavy (non-hydrogen) atoms. The van der Waals surface area contributed by atoms with E-state index in [1.807, 2.05) is 0 Å². The highest BCUT2D eigenvalue weighted by Crippen LogP contribution is 2.13. The standard InChI is InChI=1S/C16H16N4O5S/c1-9(21)10-2-4-11(5-3-10)17-13(22)8-26-16-18-15(25)12(19-20-16)6-7-14(23)24/h2-5H,6-8H2,1H3,(H,17,22)(H,23,24)(H,18,20,25). The molecule has 0 saturated heterocycles. The molecule has 0 saturated carbocycles. The molecule has 9 nitrogen and oxygen atoms in total. The highest BCUT2D eigenvalue weighted by atomic mass is 32.2. The zero-order valence-corrected chi connectivity index (χ0v) is 14.6. The number of nitrogens with zero attached hydrogens (tertiary/aromatic N) is 2. The average Bonchev–Trinajstić information content (AvgIpc) is 2.59. The first-order valence-electron chi connectivity index (χ1n) is 7.56. The number of aryl methyl sites for hydroxylation is 1. The molecule has 136 valence electrons. The van der Waals surface area contributed by atoms with Gasteiger partial charge in [-0.2, -0.15) is 0 Å². The predicted molar refractivity (Wildman–Crippen MR) is 94.4 cm³/mol. The molecule has 0 bridgehead atoms. The number of thioether (sulfide) groups is 1. The number of ketones is 1. The number of carboxylic acid groups (broad SMARTS) is 1. The van der Waals surface area contributed by atoms with E-state index in [-0.39, 0.29) is 41.1 Å². The summed E-state index contributed by atoms with van der Waals surface area (Å²) in [5, 5.41) is 18.9. The molecule has 2 rings (SSSR count). The molecule has 0 aliphatic carbocycles. The van der Waals surface area contributed by atoms with Crippen LogP contribution in [0.2, 0.25) is 0 Å². The molecule has 0 radical (unpaired) electrons. The highest BCUT2D eigenvalue weighted by molar-refractivity contribution is 7.99. The number of carbonyl (C=O) groups excluding carboxylic acids is 2. The number of Topliss-reactive ketones (excluding diaryl/α,β-unsaturated/α-hetero) is 1. The van der Waals surface area contributed by atoms with Crippen molar-refractivity contribution in [2.75, 3.05) is 11.1 Å². The summed E-state index contributed by atoms with van der Waals surface area (Å²) in [6.07, 6.45) is -0.228. The summed E-state index contributed by atoms with van der Waals surface area (Å²) in [6.45, 7) is 1.46. The van der Waals surface area contributed by atoms with Gasteiger partial charge in [0, 0.05) is 17.7 Å². The van der Waals surface area contributed by atoms with Crippen LogP contribution in [-0.2, 0) is 16.0 Å². The lowest BCUT2D eigenvalue weighted by molar-refractivity contribution is -0.137. The minimum atomic E-state index is -1.03. The zero-order chi connectivity index (χ0) is 19.1. The lowest BCUT2D eigenvalue weighted by atomic mass is 10.1. The maximum absolute atomic E-state index is 11.9. The smallest absolute Gasteiger partial charge is 0.303 e. The summed E-state index contributed by atoms with van der Waals surface area (Å²) in [5.74, 6) is -1.42. The molecule has 1 heterocycles. The Labute approximate surface area is 152 Å². The van der Waals surface area contributed by atoms with Crippen molar-refractivity contribution in [3.8, 4) is 0 Å². The molecule has 0 aliphatic rings. The van der Waals surface area contributed by atoms with E-state index in [2.05, 4.69) is 20.5 Å². The fraction of sp³-hybridized carbons (Fsp3) is 0.250. The number of aliphatic carboxylic acids is 1. The number of carbonyl (C=O) groups is 3. The van der Waals surface area contributed by atoms with Gasteiger partial charge in [-0.1, -0.05) is 11.8 Å². The Balaban J connectivity index is 1.88. The average molecular weight is 376 g/mol. The Morgan fingerprint density at radius 1 is 1.19 bits per heavy atom. The number of aromatic nitrogens is 3. The molecule has 0 atom stereocenters. The maximum atomic E-state index is 11.9. The first-order chi connectivity index (χ1) is 12.3. The molecule has 10 heteroatoms. The van der Waals surface area contributed by atoms with Gasteiger partial charge in [-0.3, -0.25) is 24.2 Å². The van der Waals surface area contributed by atoms with Crippen LogP contribution in [0.3, 0.4) is 0 Å². The van der Waals surface area contributed by atoms with E-state index in [0.29, 0.717) is 11.3 Å². The molecule has 2 aromatic rings. The number of rotatable bonds is 8. The fourth-order valence-corrected chi connectivity index (χ4v) is 2.52. The van der Waals surface area contributed by atoms with Gasteiger partial charge in [0.25, 0.3) is 5.56 Å². The Bertz CT molecular complexity index is 879. The molecule has 1 aromatic carbocycles. The second-order valence-corrected chi connectivity index (χ2v) is 6.23. The molecule has 3 N–H and O–H groups in total. The minimum Gasteiger partial charge on any atom is -0.481 e. The summed E-state index contributed by atoms with van der Waals surface area (Å²) in [4.78, 5) is 47.9. The number of hydrogen-bond donors (Lipinski definition) is 3. The minimum absolute atomic E-state index is 0.00640. The second-order valence-electron chi connectivity index (χ2n) is 5.27. The van der Waals surface area contributed by atoms with Gasteiger partial charge in [-0.15, -0.1) is 10.2 Å². The van der Waals surface area contributed by atoms with E-state index >= 15 is 0 Å². The number of aromatic amines is 1. The molecule has 0 aliphatic heterocycles. The van der Waals surface area contributed by atoms with E-state index in [1.54, 1.807) is 24.3 Å². The van der Waals surface area contributed by atoms with E-state index < -0.39 is 11.5 Å². The van der Waals surface area contributed by atoms with Gasteiger partial charge in [0.05, 0.1) is 12.2 Å². The van der Waals surface area contributed by atoms with Crippen molar-refractivity contribution in [2.45, 2.75) is 24.9 Å². The summed E-state index contributed by atoms with van der Waals surface area (Å²) in [6, 6.07) is 6.48. The second kappa shape index (κ2) is 8.90. The van der Waals surface area contributed by atoms with Crippen LogP contribution in [-0.4, -0.2) is 43.7 Å². The Morgan fingerprint density at radius 3 is 2.46 bits per heavy atom. The number of amides is 1. The molecule has 0 fully saturated rings. The van der Waals surface area contributed by atoms with Crippen molar-refractivity contribution < 1.29 is 19.5 Å². The van der Waals surface area contributed by atoms with Gasteiger partial charge < -0.3 is 10.4 Å². The summed E-state index contributed by atoms with van der Waals surface area (Å²) < 4.78 is 0. The van der Waals surface area contributed by atoms with Crippen LogP contribution in [0.25, 0.3) is 0 Å². The first kappa shape index (κ1) is 19.3. The summed E-state index contributed by atoms with van der Waals surface area (Å²) in [7, 11) is 0. The van der Waals surface area contributed by atoms with Crippen molar-refractivity contribution in [1.29, 1.82) is 0 Å². The lowest BCUT2D eigenvalue weighted by Gasteiger charge is -2.05. The van der Waals surface area contributed by atoms with Crippen LogP contribution in [0.5, 0.6) is 0 Å². The van der Waals surface area contributed by atoms with Gasteiger partial charge in [-0.25, -0.2) is 0 Å². The maximum Gasteiger partial charge on any atom is 0.303 e. The van der Waals surface area contributed by atoms with Crippen LogP contribution < -0.4 is 10.9 Å². The SMILES string of the molecule is CC(=O)c1ccc(NC(=O)CSc2nnc(CCC(=O)O)c(=O)[nH]2)cc1. The third-order valence-corrected chi connectivity index (χ3v) is 4.10. The summed E-state index contributed by atoms with van der Waals surface area (Å²) in [5.41, 5.74) is 0.605. The number of nitrogens with one attached hydrogen (secondary N) is 2. The molecule has 0 spiro atoms. The van der Waals surface area contributed by atoms with Gasteiger partial charge in [0.1, 0.15) is 5.69 Å². The van der Waals surface area contributed by atoms with Crippen molar-refractivity contribution in [3.63, 3.8) is 0 Å². The van der Waals surface area contributed by atoms with E-state index in [4.69, 9.17) is 5.11 Å². The van der Waals surface area contributed by atoms with Crippen molar-refractivity contribution in [3.05, 3.63) is 45.9 Å². The topological polar surface area (TPSA) is 142 Å². The number of H-pyrrole nitrogens is 1. The largest absolute Gasteiger partial charge is 0.481 e. The van der Waals surface area contributed by atoms with Crippen LogP contribution >= 0.6 is 11.8 Å². The van der Waals surface area contributed by atoms with Crippen LogP contribution in [0.15, 0.2) is 34.2 Å². The zero-order valence-electron chi connectivity index (χ0n) is 13.8. The van der Waals surface area contributed by atoms with E-state index in [1.165, 1.54) is 6.92 Å². The normalized spacial score (nSPS) is 10.3. The number of anilines is 1. The predicted octanol–water partition coefficient (Wildman–Crippen LogP) is 1.12. The van der Waals surface area contributed by atoms with E-state index in [9.17, 15) is 19.2 Å². The fourth-order valence-electron chi connectivity index (χ4n) is 1.92. The number of hydrogen-bond acceptors (Lipinski definition) is 7. The third kappa shape index (κ3) is 5.81. The molecule has 1 amide bonds. The van der Waals surface area contributed by atoms with Gasteiger partial charge in [0.2, 0.25) is 5.91 Å². The van der Waals surface area contributed by atoms with Crippen LogP contribution in [0.1, 0.15) is 29.4 Å². The Hall–Kier alpha value is -3.01. The van der Waals surface area contributed by atoms with E-state index in [0.717, 1.165) is 11.8 Å². The third-order valence-electron chi connectivity index (χ3n) is 3.23. The Kier molecular flexibility index (Phi) is 6.61. The Morgan fingerprint density at radius 2 is 1.88 bits per heavy atom. The van der Waals surface area contributed by atoms with Crippen molar-refractivity contribution in [1.82, 2.24) is 15.2 Å². The molecule has 1 aromatic heterocycles. The number of carboxylic acids is 1. The van der Waals surface area contributed by atoms with Crippen molar-refractivity contribution >= 4 is 35.1 Å².